The van der Waals surface area contributed by atoms with Gasteiger partial charge in [-0.2, -0.15) is 11.8 Å². The molecule has 0 aliphatic rings. The van der Waals surface area contributed by atoms with E-state index >= 15 is 0 Å². The Balaban J connectivity index is 2.87. The summed E-state index contributed by atoms with van der Waals surface area (Å²) in [6, 6.07) is 3.84. The SMILES string of the molecule is COC(=O)[C@@H](CSC)NC(=O)c1cc(Cl)ccc1Cl. The van der Waals surface area contributed by atoms with Crippen molar-refractivity contribution in [2.75, 3.05) is 19.1 Å². The topological polar surface area (TPSA) is 55.4 Å². The van der Waals surface area contributed by atoms with Crippen LogP contribution in [0.5, 0.6) is 0 Å². The smallest absolute Gasteiger partial charge is 0.329 e. The predicted molar refractivity (Wildman–Crippen MR) is 78.1 cm³/mol. The summed E-state index contributed by atoms with van der Waals surface area (Å²) in [5.41, 5.74) is 0.226. The van der Waals surface area contributed by atoms with Crippen LogP contribution in [0.3, 0.4) is 0 Å². The number of ether oxygens (including phenoxy) is 1. The third-order valence-electron chi connectivity index (χ3n) is 2.30. The Kier molecular flexibility index (Phi) is 6.48. The molecule has 1 N–H and O–H groups in total. The number of thioether (sulfide) groups is 1. The largest absolute Gasteiger partial charge is 0.467 e. The fourth-order valence-corrected chi connectivity index (χ4v) is 2.31. The van der Waals surface area contributed by atoms with Crippen LogP contribution in [0, 0.1) is 0 Å². The first-order valence-electron chi connectivity index (χ1n) is 5.32. The molecular weight excluding hydrogens is 309 g/mol. The quantitative estimate of drug-likeness (QED) is 0.847. The second-order valence-corrected chi connectivity index (χ2v) is 5.38. The number of hydrogen-bond donors (Lipinski definition) is 1. The number of hydrogen-bond acceptors (Lipinski definition) is 4. The van der Waals surface area contributed by atoms with E-state index in [1.807, 2.05) is 6.26 Å². The van der Waals surface area contributed by atoms with Gasteiger partial charge < -0.3 is 10.1 Å². The molecular formula is C12H13Cl2NO3S. The predicted octanol–water partition coefficient (Wildman–Crippen LogP) is 2.63. The van der Waals surface area contributed by atoms with Crippen LogP contribution in [0.4, 0.5) is 0 Å². The minimum absolute atomic E-state index is 0.226. The molecule has 1 amide bonds. The lowest BCUT2D eigenvalue weighted by Gasteiger charge is -2.15. The van der Waals surface area contributed by atoms with Gasteiger partial charge in [0.15, 0.2) is 0 Å². The Morgan fingerprint density at radius 3 is 2.68 bits per heavy atom. The molecule has 0 radical (unpaired) electrons. The molecule has 0 saturated carbocycles. The van der Waals surface area contributed by atoms with Crippen molar-refractivity contribution in [3.05, 3.63) is 33.8 Å². The van der Waals surface area contributed by atoms with Gasteiger partial charge in [-0.1, -0.05) is 23.2 Å². The average molecular weight is 322 g/mol. The van der Waals surface area contributed by atoms with Gasteiger partial charge in [0.25, 0.3) is 5.91 Å². The Labute approximate surface area is 125 Å². The number of carbonyl (C=O) groups is 2. The molecule has 0 aliphatic heterocycles. The van der Waals surface area contributed by atoms with E-state index in [4.69, 9.17) is 23.2 Å². The molecule has 0 heterocycles. The molecule has 1 atom stereocenters. The molecule has 0 spiro atoms. The van der Waals surface area contributed by atoms with Crippen molar-refractivity contribution in [2.45, 2.75) is 6.04 Å². The van der Waals surface area contributed by atoms with Crippen LogP contribution in [0.1, 0.15) is 10.4 Å². The highest BCUT2D eigenvalue weighted by atomic mass is 35.5. The first-order valence-corrected chi connectivity index (χ1v) is 7.47. The zero-order chi connectivity index (χ0) is 14.4. The van der Waals surface area contributed by atoms with Crippen LogP contribution in [0.2, 0.25) is 10.0 Å². The molecule has 7 heteroatoms. The zero-order valence-electron chi connectivity index (χ0n) is 10.4. The molecule has 1 rings (SSSR count). The minimum atomic E-state index is -0.720. The van der Waals surface area contributed by atoms with E-state index in [9.17, 15) is 9.59 Å². The summed E-state index contributed by atoms with van der Waals surface area (Å²) in [7, 11) is 1.27. The highest BCUT2D eigenvalue weighted by Crippen LogP contribution is 2.20. The van der Waals surface area contributed by atoms with Crippen LogP contribution in [0.15, 0.2) is 18.2 Å². The standard InChI is InChI=1S/C12H13Cl2NO3S/c1-18-12(17)10(6-19-2)15-11(16)8-5-7(13)3-4-9(8)14/h3-5,10H,6H2,1-2H3,(H,15,16)/t10-/m1/s1. The van der Waals surface area contributed by atoms with E-state index in [-0.39, 0.29) is 10.6 Å². The third kappa shape index (κ3) is 4.60. The third-order valence-corrected chi connectivity index (χ3v) is 3.53. The van der Waals surface area contributed by atoms with E-state index in [0.29, 0.717) is 10.8 Å². The Morgan fingerprint density at radius 2 is 2.11 bits per heavy atom. The molecule has 0 unspecified atom stereocenters. The highest BCUT2D eigenvalue weighted by Gasteiger charge is 2.22. The molecule has 0 fully saturated rings. The van der Waals surface area contributed by atoms with E-state index in [2.05, 4.69) is 10.1 Å². The van der Waals surface area contributed by atoms with Crippen LogP contribution >= 0.6 is 35.0 Å². The first-order chi connectivity index (χ1) is 8.99. The summed E-state index contributed by atoms with van der Waals surface area (Å²) in [5, 5.41) is 3.25. The number of rotatable bonds is 5. The molecule has 4 nitrogen and oxygen atoms in total. The lowest BCUT2D eigenvalue weighted by atomic mass is 10.2. The summed E-state index contributed by atoms with van der Waals surface area (Å²) >= 11 is 13.2. The van der Waals surface area contributed by atoms with E-state index in [1.54, 1.807) is 6.07 Å². The number of benzene rings is 1. The van der Waals surface area contributed by atoms with Crippen LogP contribution in [0.25, 0.3) is 0 Å². The van der Waals surface area contributed by atoms with Gasteiger partial charge in [-0.15, -0.1) is 0 Å². The van der Waals surface area contributed by atoms with Gasteiger partial charge in [0.2, 0.25) is 0 Å². The molecule has 1 aromatic carbocycles. The van der Waals surface area contributed by atoms with Gasteiger partial charge in [-0.3, -0.25) is 4.79 Å². The van der Waals surface area contributed by atoms with E-state index in [0.717, 1.165) is 0 Å². The van der Waals surface area contributed by atoms with Crippen molar-refractivity contribution in [1.29, 1.82) is 0 Å². The maximum atomic E-state index is 12.1. The molecule has 0 aromatic heterocycles. The van der Waals surface area contributed by atoms with Crippen molar-refractivity contribution >= 4 is 46.8 Å². The lowest BCUT2D eigenvalue weighted by molar-refractivity contribution is -0.142. The maximum Gasteiger partial charge on any atom is 0.329 e. The van der Waals surface area contributed by atoms with Crippen LogP contribution < -0.4 is 5.32 Å². The zero-order valence-corrected chi connectivity index (χ0v) is 12.7. The van der Waals surface area contributed by atoms with Crippen molar-refractivity contribution < 1.29 is 14.3 Å². The summed E-state index contributed by atoms with van der Waals surface area (Å²) in [6.07, 6.45) is 1.83. The Morgan fingerprint density at radius 1 is 1.42 bits per heavy atom. The molecule has 1 aromatic rings. The highest BCUT2D eigenvalue weighted by molar-refractivity contribution is 7.98. The Bertz CT molecular complexity index is 482. The summed E-state index contributed by atoms with van der Waals surface area (Å²) in [6.45, 7) is 0. The van der Waals surface area contributed by atoms with Crippen molar-refractivity contribution in [1.82, 2.24) is 5.32 Å². The molecule has 19 heavy (non-hydrogen) atoms. The average Bonchev–Trinajstić information content (AvgIpc) is 2.40. The molecule has 0 bridgehead atoms. The van der Waals surface area contributed by atoms with Gasteiger partial charge in [-0.05, 0) is 24.5 Å². The monoisotopic (exact) mass is 321 g/mol. The van der Waals surface area contributed by atoms with Crippen molar-refractivity contribution in [3.8, 4) is 0 Å². The Hall–Kier alpha value is -0.910. The number of amides is 1. The number of halogens is 2. The van der Waals surface area contributed by atoms with Gasteiger partial charge in [0, 0.05) is 10.8 Å². The number of nitrogens with one attached hydrogen (secondary N) is 1. The molecule has 104 valence electrons. The van der Waals surface area contributed by atoms with E-state index < -0.39 is 17.9 Å². The summed E-state index contributed by atoms with van der Waals surface area (Å²) in [4.78, 5) is 23.6. The fourth-order valence-electron chi connectivity index (χ4n) is 1.39. The summed E-state index contributed by atoms with van der Waals surface area (Å²) < 4.78 is 4.63. The second kappa shape index (κ2) is 7.62. The minimum Gasteiger partial charge on any atom is -0.467 e. The van der Waals surface area contributed by atoms with Gasteiger partial charge in [0.1, 0.15) is 6.04 Å². The summed E-state index contributed by atoms with van der Waals surface area (Å²) in [5.74, 6) is -0.547. The van der Waals surface area contributed by atoms with E-state index in [1.165, 1.54) is 31.0 Å². The van der Waals surface area contributed by atoms with Gasteiger partial charge >= 0.3 is 5.97 Å². The van der Waals surface area contributed by atoms with Gasteiger partial charge in [0.05, 0.1) is 17.7 Å². The fraction of sp³-hybridized carbons (Fsp3) is 0.333. The number of carbonyl (C=O) groups excluding carboxylic acids is 2. The first kappa shape index (κ1) is 16.1. The molecule has 0 aliphatic carbocycles. The normalized spacial score (nSPS) is 11.8. The second-order valence-electron chi connectivity index (χ2n) is 3.63. The van der Waals surface area contributed by atoms with Crippen molar-refractivity contribution in [2.24, 2.45) is 0 Å². The van der Waals surface area contributed by atoms with Gasteiger partial charge in [-0.25, -0.2) is 4.79 Å². The van der Waals surface area contributed by atoms with Crippen LogP contribution in [-0.4, -0.2) is 37.0 Å². The number of esters is 1. The van der Waals surface area contributed by atoms with Crippen LogP contribution in [-0.2, 0) is 9.53 Å². The molecule has 0 saturated heterocycles. The maximum absolute atomic E-state index is 12.1. The van der Waals surface area contributed by atoms with Crippen molar-refractivity contribution in [3.63, 3.8) is 0 Å². The lowest BCUT2D eigenvalue weighted by Crippen LogP contribution is -2.43. The number of methoxy groups -OCH3 is 1.